The van der Waals surface area contributed by atoms with Gasteiger partial charge < -0.3 is 9.84 Å². The topological polar surface area (TPSA) is 79.2 Å². The Labute approximate surface area is 110 Å². The van der Waals surface area contributed by atoms with E-state index in [-0.39, 0.29) is 5.71 Å². The zero-order valence-corrected chi connectivity index (χ0v) is 10.9. The number of hydrazone groups is 1. The molecule has 1 heterocycles. The number of aryl methyl sites for hydroxylation is 1. The van der Waals surface area contributed by atoms with E-state index in [1.54, 1.807) is 25.3 Å². The number of hydrogen-bond acceptors (Lipinski definition) is 4. The molecule has 0 fully saturated rings. The molecule has 0 radical (unpaired) electrons. The summed E-state index contributed by atoms with van der Waals surface area (Å²) < 4.78 is 5.09. The largest absolute Gasteiger partial charge is 0.497 e. The number of rotatable bonds is 3. The highest BCUT2D eigenvalue weighted by molar-refractivity contribution is 6.25. The number of nitrogens with zero attached hydrogens (tertiary/aromatic N) is 2. The molecule has 6 heteroatoms. The molecule has 1 unspecified atom stereocenters. The summed E-state index contributed by atoms with van der Waals surface area (Å²) in [5, 5.41) is 14.2. The third-order valence-electron chi connectivity index (χ3n) is 3.01. The molecule has 1 N–H and O–H groups in total. The minimum absolute atomic E-state index is 0.285. The van der Waals surface area contributed by atoms with Crippen LogP contribution in [0.5, 0.6) is 5.75 Å². The maximum atomic E-state index is 12.1. The van der Waals surface area contributed by atoms with Gasteiger partial charge in [0.25, 0.3) is 5.91 Å². The van der Waals surface area contributed by atoms with Crippen molar-refractivity contribution in [3.63, 3.8) is 0 Å². The van der Waals surface area contributed by atoms with Gasteiger partial charge in [0.2, 0.25) is 0 Å². The molecule has 1 aromatic carbocycles. The van der Waals surface area contributed by atoms with Gasteiger partial charge in [0, 0.05) is 0 Å². The molecule has 1 aliphatic heterocycles. The Morgan fingerprint density at radius 3 is 2.58 bits per heavy atom. The summed E-state index contributed by atoms with van der Waals surface area (Å²) in [6.07, 6.45) is 0. The fourth-order valence-electron chi connectivity index (χ4n) is 2.02. The fourth-order valence-corrected chi connectivity index (χ4v) is 2.02. The van der Waals surface area contributed by atoms with Crippen LogP contribution in [0.4, 0.5) is 5.69 Å². The van der Waals surface area contributed by atoms with Crippen LogP contribution in [0.15, 0.2) is 23.3 Å². The van der Waals surface area contributed by atoms with Crippen molar-refractivity contribution in [3.8, 4) is 5.75 Å². The summed E-state index contributed by atoms with van der Waals surface area (Å²) in [5.41, 5.74) is 1.64. The lowest BCUT2D eigenvalue weighted by Crippen LogP contribution is -2.32. The lowest BCUT2D eigenvalue weighted by Gasteiger charge is -2.16. The Morgan fingerprint density at radius 1 is 1.42 bits per heavy atom. The van der Waals surface area contributed by atoms with E-state index in [1.807, 2.05) is 6.92 Å². The second-order valence-corrected chi connectivity index (χ2v) is 4.32. The van der Waals surface area contributed by atoms with Crippen LogP contribution in [0.3, 0.4) is 0 Å². The van der Waals surface area contributed by atoms with Crippen molar-refractivity contribution < 1.29 is 19.4 Å². The van der Waals surface area contributed by atoms with Crippen LogP contribution in [0.25, 0.3) is 0 Å². The van der Waals surface area contributed by atoms with Crippen molar-refractivity contribution >= 4 is 23.3 Å². The van der Waals surface area contributed by atoms with Gasteiger partial charge in [-0.1, -0.05) is 0 Å². The van der Waals surface area contributed by atoms with Crippen LogP contribution in [0, 0.1) is 12.8 Å². The third kappa shape index (κ3) is 2.16. The number of carbonyl (C=O) groups excluding carboxylic acids is 1. The average Bonchev–Trinajstić information content (AvgIpc) is 2.64. The molecular formula is C13H14N2O4. The molecule has 0 saturated heterocycles. The highest BCUT2D eigenvalue weighted by Crippen LogP contribution is 2.29. The number of anilines is 1. The van der Waals surface area contributed by atoms with E-state index < -0.39 is 17.8 Å². The van der Waals surface area contributed by atoms with E-state index in [2.05, 4.69) is 5.10 Å². The smallest absolute Gasteiger partial charge is 0.322 e. The summed E-state index contributed by atoms with van der Waals surface area (Å²) in [6, 6.07) is 5.16. The van der Waals surface area contributed by atoms with E-state index in [0.29, 0.717) is 11.4 Å². The molecule has 100 valence electrons. The number of hydrogen-bond donors (Lipinski definition) is 1. The van der Waals surface area contributed by atoms with E-state index >= 15 is 0 Å². The zero-order chi connectivity index (χ0) is 14.2. The van der Waals surface area contributed by atoms with Gasteiger partial charge in [-0.2, -0.15) is 10.1 Å². The monoisotopic (exact) mass is 262 g/mol. The number of benzene rings is 1. The van der Waals surface area contributed by atoms with Gasteiger partial charge in [-0.3, -0.25) is 9.59 Å². The molecule has 1 aliphatic rings. The molecule has 19 heavy (non-hydrogen) atoms. The molecule has 2 rings (SSSR count). The molecule has 1 aromatic rings. The van der Waals surface area contributed by atoms with Crippen molar-refractivity contribution in [1.82, 2.24) is 0 Å². The van der Waals surface area contributed by atoms with E-state index in [0.717, 1.165) is 10.6 Å². The van der Waals surface area contributed by atoms with Crippen LogP contribution in [-0.4, -0.2) is 29.8 Å². The van der Waals surface area contributed by atoms with Crippen LogP contribution in [0.1, 0.15) is 12.5 Å². The number of aliphatic carboxylic acids is 1. The molecule has 0 saturated carbocycles. The molecule has 0 aromatic heterocycles. The lowest BCUT2D eigenvalue weighted by molar-refractivity contribution is -0.142. The van der Waals surface area contributed by atoms with Gasteiger partial charge in [0.05, 0.1) is 18.5 Å². The van der Waals surface area contributed by atoms with Gasteiger partial charge in [0.1, 0.15) is 5.75 Å². The van der Waals surface area contributed by atoms with Crippen molar-refractivity contribution in [3.05, 3.63) is 23.8 Å². The van der Waals surface area contributed by atoms with Gasteiger partial charge in [-0.05, 0) is 37.6 Å². The Morgan fingerprint density at radius 2 is 2.11 bits per heavy atom. The van der Waals surface area contributed by atoms with E-state index in [1.165, 1.54) is 6.92 Å². The van der Waals surface area contributed by atoms with Crippen molar-refractivity contribution in [2.24, 2.45) is 11.0 Å². The standard InChI is InChI=1S/C13H14N2O4/c1-7-6-9(19-3)4-5-10(7)15-12(16)11(13(17)18)8(2)14-15/h4-6,11H,1-3H3,(H,17,18). The number of carboxylic acids is 1. The van der Waals surface area contributed by atoms with E-state index in [4.69, 9.17) is 9.84 Å². The van der Waals surface area contributed by atoms with Gasteiger partial charge in [-0.15, -0.1) is 0 Å². The normalized spacial score (nSPS) is 18.5. The fraction of sp³-hybridized carbons (Fsp3) is 0.308. The van der Waals surface area contributed by atoms with Crippen LogP contribution < -0.4 is 9.75 Å². The molecule has 1 atom stereocenters. The second-order valence-electron chi connectivity index (χ2n) is 4.32. The second kappa shape index (κ2) is 4.72. The first-order chi connectivity index (χ1) is 8.95. The summed E-state index contributed by atoms with van der Waals surface area (Å²) in [7, 11) is 1.55. The molecular weight excluding hydrogens is 248 g/mol. The van der Waals surface area contributed by atoms with Gasteiger partial charge in [-0.25, -0.2) is 0 Å². The predicted octanol–water partition coefficient (Wildman–Crippen LogP) is 1.43. The Bertz CT molecular complexity index is 580. The third-order valence-corrected chi connectivity index (χ3v) is 3.01. The van der Waals surface area contributed by atoms with Crippen molar-refractivity contribution in [2.75, 3.05) is 12.1 Å². The minimum atomic E-state index is -1.19. The van der Waals surface area contributed by atoms with Crippen LogP contribution >= 0.6 is 0 Å². The first-order valence-corrected chi connectivity index (χ1v) is 5.72. The Balaban J connectivity index is 2.39. The summed E-state index contributed by atoms with van der Waals surface area (Å²) in [5.74, 6) is -2.25. The average molecular weight is 262 g/mol. The quantitative estimate of drug-likeness (QED) is 0.836. The summed E-state index contributed by atoms with van der Waals surface area (Å²) >= 11 is 0. The minimum Gasteiger partial charge on any atom is -0.497 e. The first kappa shape index (κ1) is 13.1. The number of carboxylic acid groups (broad SMARTS) is 1. The Hall–Kier alpha value is -2.37. The maximum Gasteiger partial charge on any atom is 0.322 e. The molecule has 1 amide bonds. The number of carbonyl (C=O) groups is 2. The van der Waals surface area contributed by atoms with Crippen molar-refractivity contribution in [1.29, 1.82) is 0 Å². The molecule has 0 aliphatic carbocycles. The first-order valence-electron chi connectivity index (χ1n) is 5.72. The molecule has 0 spiro atoms. The Kier molecular flexibility index (Phi) is 3.25. The highest BCUT2D eigenvalue weighted by Gasteiger charge is 2.40. The molecule has 0 bridgehead atoms. The van der Waals surface area contributed by atoms with Crippen LogP contribution in [-0.2, 0) is 9.59 Å². The van der Waals surface area contributed by atoms with Gasteiger partial charge in [0.15, 0.2) is 5.92 Å². The molecule has 6 nitrogen and oxygen atoms in total. The maximum absolute atomic E-state index is 12.1. The number of amides is 1. The predicted molar refractivity (Wildman–Crippen MR) is 69.5 cm³/mol. The number of methoxy groups -OCH3 is 1. The van der Waals surface area contributed by atoms with Gasteiger partial charge >= 0.3 is 5.97 Å². The highest BCUT2D eigenvalue weighted by atomic mass is 16.5. The lowest BCUT2D eigenvalue weighted by atomic mass is 10.1. The number of ether oxygens (including phenoxy) is 1. The summed E-state index contributed by atoms with van der Waals surface area (Å²) in [6.45, 7) is 3.35. The SMILES string of the molecule is COc1ccc(N2N=C(C)C(C(=O)O)C2=O)c(C)c1. The zero-order valence-electron chi connectivity index (χ0n) is 10.9. The van der Waals surface area contributed by atoms with Crippen molar-refractivity contribution in [2.45, 2.75) is 13.8 Å². The van der Waals surface area contributed by atoms with Crippen LogP contribution in [0.2, 0.25) is 0 Å². The summed E-state index contributed by atoms with van der Waals surface area (Å²) in [4.78, 5) is 23.1. The van der Waals surface area contributed by atoms with E-state index in [9.17, 15) is 9.59 Å².